The molecule has 3 aromatic rings. The number of hydrogen-bond donors (Lipinski definition) is 0. The van der Waals surface area contributed by atoms with E-state index >= 15 is 0 Å². The first-order valence-corrected chi connectivity index (χ1v) is 9.81. The van der Waals surface area contributed by atoms with Gasteiger partial charge in [-0.2, -0.15) is 0 Å². The minimum Gasteiger partial charge on any atom is -0.473 e. The number of benzene rings is 1. The van der Waals surface area contributed by atoms with Gasteiger partial charge in [-0.3, -0.25) is 4.79 Å². The fraction of sp³-hybridized carbons (Fsp3) is 0.318. The van der Waals surface area contributed by atoms with Crippen LogP contribution in [0.5, 0.6) is 5.88 Å². The summed E-state index contributed by atoms with van der Waals surface area (Å²) in [6, 6.07) is 9.43. The van der Waals surface area contributed by atoms with Crippen LogP contribution in [0, 0.1) is 12.7 Å². The van der Waals surface area contributed by atoms with Crippen LogP contribution in [0.4, 0.5) is 4.39 Å². The highest BCUT2D eigenvalue weighted by atomic mass is 19.1. The van der Waals surface area contributed by atoms with Crippen LogP contribution >= 0.6 is 0 Å². The third-order valence-electron chi connectivity index (χ3n) is 5.50. The van der Waals surface area contributed by atoms with E-state index in [1.165, 1.54) is 18.3 Å². The van der Waals surface area contributed by atoms with Crippen molar-refractivity contribution in [1.29, 1.82) is 0 Å². The van der Waals surface area contributed by atoms with Gasteiger partial charge in [-0.05, 0) is 37.3 Å². The Balaban J connectivity index is 1.26. The summed E-state index contributed by atoms with van der Waals surface area (Å²) in [6.07, 6.45) is 2.91. The highest BCUT2D eigenvalue weighted by Crippen LogP contribution is 2.29. The molecule has 6 rings (SSSR count). The standard InChI is InChI=1S/C22H20FN3O4/c1-13-19(21(25-30-13)14-2-5-16(23)6-3-14)12-28-20-7-4-15(9-24-20)22(27)26-10-17-8-18(11-26)29-17/h2-7,9,17-18H,8,10-12H2,1H3/t17-,18?/m0/s1. The van der Waals surface area contributed by atoms with Crippen molar-refractivity contribution in [2.75, 3.05) is 13.1 Å². The molecule has 0 aliphatic carbocycles. The maximum atomic E-state index is 13.2. The number of rotatable bonds is 5. The van der Waals surface area contributed by atoms with Gasteiger partial charge in [0.05, 0.1) is 23.3 Å². The first-order valence-electron chi connectivity index (χ1n) is 9.81. The van der Waals surface area contributed by atoms with Gasteiger partial charge in [0.1, 0.15) is 23.9 Å². The Morgan fingerprint density at radius 1 is 1.20 bits per heavy atom. The molecule has 1 aromatic carbocycles. The topological polar surface area (TPSA) is 77.7 Å². The second-order valence-corrected chi connectivity index (χ2v) is 7.57. The van der Waals surface area contributed by atoms with Crippen molar-refractivity contribution in [2.24, 2.45) is 0 Å². The van der Waals surface area contributed by atoms with Gasteiger partial charge in [-0.15, -0.1) is 0 Å². The number of nitrogens with zero attached hydrogens (tertiary/aromatic N) is 3. The minimum absolute atomic E-state index is 0.0412. The molecule has 0 saturated carbocycles. The molecule has 2 atom stereocenters. The average molecular weight is 409 g/mol. The molecule has 1 amide bonds. The van der Waals surface area contributed by atoms with Crippen LogP contribution in [0.1, 0.15) is 28.1 Å². The van der Waals surface area contributed by atoms with Gasteiger partial charge in [0.25, 0.3) is 5.91 Å². The summed E-state index contributed by atoms with van der Waals surface area (Å²) in [7, 11) is 0. The number of halogens is 1. The lowest BCUT2D eigenvalue weighted by atomic mass is 9.98. The van der Waals surface area contributed by atoms with E-state index in [2.05, 4.69) is 10.1 Å². The van der Waals surface area contributed by atoms with E-state index in [4.69, 9.17) is 14.0 Å². The van der Waals surface area contributed by atoms with Gasteiger partial charge in [0.15, 0.2) is 0 Å². The van der Waals surface area contributed by atoms with Crippen LogP contribution in [-0.2, 0) is 11.3 Å². The van der Waals surface area contributed by atoms with Gasteiger partial charge in [-0.25, -0.2) is 9.37 Å². The summed E-state index contributed by atoms with van der Waals surface area (Å²) in [5.41, 5.74) is 2.63. The molecule has 8 heteroatoms. The number of morpholine rings is 1. The molecule has 0 spiro atoms. The molecule has 3 aliphatic heterocycles. The number of amides is 1. The number of ether oxygens (including phenoxy) is 2. The zero-order chi connectivity index (χ0) is 20.7. The maximum Gasteiger partial charge on any atom is 0.255 e. The summed E-state index contributed by atoms with van der Waals surface area (Å²) in [5, 5.41) is 4.07. The minimum atomic E-state index is -0.315. The van der Waals surface area contributed by atoms with Gasteiger partial charge < -0.3 is 18.9 Å². The van der Waals surface area contributed by atoms with Crippen molar-refractivity contribution in [1.82, 2.24) is 15.0 Å². The molecule has 7 nitrogen and oxygen atoms in total. The van der Waals surface area contributed by atoms with E-state index in [0.29, 0.717) is 36.0 Å². The van der Waals surface area contributed by atoms with Crippen molar-refractivity contribution in [3.63, 3.8) is 0 Å². The Kier molecular flexibility index (Phi) is 4.71. The van der Waals surface area contributed by atoms with Crippen molar-refractivity contribution >= 4 is 5.91 Å². The largest absolute Gasteiger partial charge is 0.473 e. The molecule has 0 radical (unpaired) electrons. The predicted octanol–water partition coefficient (Wildman–Crippen LogP) is 3.38. The maximum absolute atomic E-state index is 13.2. The van der Waals surface area contributed by atoms with Crippen LogP contribution in [0.2, 0.25) is 0 Å². The molecule has 2 bridgehead atoms. The molecule has 5 heterocycles. The van der Waals surface area contributed by atoms with Crippen LogP contribution in [0.25, 0.3) is 11.3 Å². The molecular weight excluding hydrogens is 389 g/mol. The zero-order valence-electron chi connectivity index (χ0n) is 16.4. The molecule has 2 aromatic heterocycles. The van der Waals surface area contributed by atoms with E-state index < -0.39 is 0 Å². The Hall–Kier alpha value is -3.26. The first kappa shape index (κ1) is 18.7. The van der Waals surface area contributed by atoms with Gasteiger partial charge in [-0.1, -0.05) is 5.16 Å². The van der Waals surface area contributed by atoms with Crippen molar-refractivity contribution in [2.45, 2.75) is 32.2 Å². The van der Waals surface area contributed by atoms with Crippen LogP contribution in [-0.4, -0.2) is 46.2 Å². The van der Waals surface area contributed by atoms with Crippen LogP contribution < -0.4 is 4.74 Å². The number of pyridine rings is 1. The fourth-order valence-electron chi connectivity index (χ4n) is 3.84. The molecular formula is C22H20FN3O4. The highest BCUT2D eigenvalue weighted by Gasteiger charge is 2.40. The van der Waals surface area contributed by atoms with Crippen molar-refractivity contribution < 1.29 is 23.2 Å². The smallest absolute Gasteiger partial charge is 0.255 e. The second kappa shape index (κ2) is 7.53. The Labute approximate surface area is 172 Å². The number of piperidine rings is 1. The Bertz CT molecular complexity index is 1050. The summed E-state index contributed by atoms with van der Waals surface area (Å²) >= 11 is 0. The second-order valence-electron chi connectivity index (χ2n) is 7.57. The molecule has 3 saturated heterocycles. The first-order chi connectivity index (χ1) is 14.6. The Morgan fingerprint density at radius 3 is 2.60 bits per heavy atom. The lowest BCUT2D eigenvalue weighted by molar-refractivity contribution is -0.171. The van der Waals surface area contributed by atoms with E-state index in [1.54, 1.807) is 31.2 Å². The van der Waals surface area contributed by atoms with Crippen LogP contribution in [0.15, 0.2) is 47.1 Å². The molecule has 3 aliphatic rings. The Morgan fingerprint density at radius 2 is 1.93 bits per heavy atom. The fourth-order valence-corrected chi connectivity index (χ4v) is 3.84. The van der Waals surface area contributed by atoms with E-state index in [0.717, 1.165) is 17.5 Å². The normalized spacial score (nSPS) is 20.0. The summed E-state index contributed by atoms with van der Waals surface area (Å²) < 4.78 is 29.9. The van der Waals surface area contributed by atoms with E-state index in [-0.39, 0.29) is 30.5 Å². The quantitative estimate of drug-likeness (QED) is 0.643. The predicted molar refractivity (Wildman–Crippen MR) is 104 cm³/mol. The number of hydrogen-bond acceptors (Lipinski definition) is 6. The molecule has 154 valence electrons. The highest BCUT2D eigenvalue weighted by molar-refractivity contribution is 5.94. The van der Waals surface area contributed by atoms with Gasteiger partial charge >= 0.3 is 0 Å². The average Bonchev–Trinajstić information content (AvgIpc) is 3.12. The molecule has 1 unspecified atom stereocenters. The van der Waals surface area contributed by atoms with Crippen molar-refractivity contribution in [3.05, 3.63) is 65.3 Å². The summed E-state index contributed by atoms with van der Waals surface area (Å²) in [5.74, 6) is 0.652. The number of aromatic nitrogens is 2. The molecule has 30 heavy (non-hydrogen) atoms. The van der Waals surface area contributed by atoms with E-state index in [9.17, 15) is 9.18 Å². The third-order valence-corrected chi connectivity index (χ3v) is 5.50. The van der Waals surface area contributed by atoms with Crippen molar-refractivity contribution in [3.8, 4) is 17.1 Å². The lowest BCUT2D eigenvalue weighted by Crippen LogP contribution is -2.58. The number of fused-ring (bicyclic) bond motifs is 2. The number of carbonyl (C=O) groups is 1. The lowest BCUT2D eigenvalue weighted by Gasteiger charge is -2.46. The SMILES string of the molecule is Cc1onc(-c2ccc(F)cc2)c1COc1ccc(C(=O)N2CC3C[C@@H](C2)O3)cn1. The van der Waals surface area contributed by atoms with Gasteiger partial charge in [0, 0.05) is 37.3 Å². The summed E-state index contributed by atoms with van der Waals surface area (Å²) in [6.45, 7) is 3.25. The summed E-state index contributed by atoms with van der Waals surface area (Å²) in [4.78, 5) is 18.7. The molecule has 0 N–H and O–H groups in total. The molecule has 3 fully saturated rings. The number of aryl methyl sites for hydroxylation is 1. The third kappa shape index (κ3) is 3.54. The number of carbonyl (C=O) groups excluding carboxylic acids is 1. The zero-order valence-corrected chi connectivity index (χ0v) is 16.4. The van der Waals surface area contributed by atoms with E-state index in [1.807, 2.05) is 4.90 Å². The monoisotopic (exact) mass is 409 g/mol. The van der Waals surface area contributed by atoms with Crippen LogP contribution in [0.3, 0.4) is 0 Å². The van der Waals surface area contributed by atoms with Gasteiger partial charge in [0.2, 0.25) is 5.88 Å².